The first-order chi connectivity index (χ1) is 13.0. The van der Waals surface area contributed by atoms with Crippen LogP contribution in [0, 0.1) is 0 Å². The Balaban J connectivity index is 1.81. The van der Waals surface area contributed by atoms with E-state index in [-0.39, 0.29) is 10.2 Å². The van der Waals surface area contributed by atoms with Gasteiger partial charge in [-0.25, -0.2) is 0 Å². The third-order valence-corrected chi connectivity index (χ3v) is 10.4. The topological polar surface area (TPSA) is 34.1 Å². The predicted molar refractivity (Wildman–Crippen MR) is 120 cm³/mol. The maximum atomic E-state index is 12.7. The number of carbonyl (C=O) groups is 2. The summed E-state index contributed by atoms with van der Waals surface area (Å²) in [5, 5.41) is 1.95. The van der Waals surface area contributed by atoms with E-state index in [0.717, 1.165) is 5.30 Å². The van der Waals surface area contributed by atoms with Gasteiger partial charge in [-0.15, -0.1) is 0 Å². The number of halogens is 2. The summed E-state index contributed by atoms with van der Waals surface area (Å²) in [6, 6.07) is 23.1. The van der Waals surface area contributed by atoms with E-state index in [1.54, 1.807) is 48.5 Å². The summed E-state index contributed by atoms with van der Waals surface area (Å²) >= 11 is 14.2. The van der Waals surface area contributed by atoms with E-state index in [0.29, 0.717) is 21.2 Å². The van der Waals surface area contributed by atoms with Gasteiger partial charge in [0.25, 0.3) is 0 Å². The van der Waals surface area contributed by atoms with Crippen LogP contribution in [0.15, 0.2) is 78.9 Å². The van der Waals surface area contributed by atoms with Crippen LogP contribution < -0.4 is 5.30 Å². The lowest BCUT2D eigenvalue weighted by atomic mass is 10.2. The molecule has 0 spiro atoms. The first kappa shape index (κ1) is 20.4. The third-order valence-electron chi connectivity index (χ3n) is 3.46. The molecule has 136 valence electrons. The van der Waals surface area contributed by atoms with Gasteiger partial charge in [-0.3, -0.25) is 9.59 Å². The van der Waals surface area contributed by atoms with E-state index in [1.165, 1.54) is 22.8 Å². The quantitative estimate of drug-likeness (QED) is 0.389. The molecule has 0 unspecified atom stereocenters. The zero-order chi connectivity index (χ0) is 19.2. The molecule has 0 atom stereocenters. The van der Waals surface area contributed by atoms with Crippen LogP contribution in [0.2, 0.25) is 10.0 Å². The Hall–Kier alpha value is -1.29. The Morgan fingerprint density at radius 3 is 1.44 bits per heavy atom. The molecule has 7 heteroatoms. The van der Waals surface area contributed by atoms with Crippen molar-refractivity contribution in [1.29, 1.82) is 0 Å². The molecule has 0 aliphatic heterocycles. The summed E-state index contributed by atoms with van der Waals surface area (Å²) in [6.07, 6.45) is -1.13. The highest BCUT2D eigenvalue weighted by Gasteiger charge is 2.23. The average molecular weight is 451 g/mol. The third kappa shape index (κ3) is 5.84. The minimum absolute atomic E-state index is 0.0852. The SMILES string of the molecule is O=C(SP(SC(=O)c1ccc(Cl)cc1)c1ccccc1)c1ccc(Cl)cc1. The average Bonchev–Trinajstić information content (AvgIpc) is 2.69. The van der Waals surface area contributed by atoms with Crippen molar-refractivity contribution in [3.05, 3.63) is 100 Å². The summed E-state index contributed by atoms with van der Waals surface area (Å²) < 4.78 is 0. The molecule has 3 aromatic rings. The van der Waals surface area contributed by atoms with Gasteiger partial charge in [-0.05, 0) is 76.6 Å². The second-order valence-electron chi connectivity index (χ2n) is 5.36. The smallest absolute Gasteiger partial charge is 0.224 e. The fraction of sp³-hybridized carbons (Fsp3) is 0. The molecular weight excluding hydrogens is 438 g/mol. The van der Waals surface area contributed by atoms with Crippen LogP contribution in [0.4, 0.5) is 0 Å². The molecule has 0 aromatic heterocycles. The highest BCUT2D eigenvalue weighted by atomic mass is 35.5. The maximum absolute atomic E-state index is 12.7. The molecule has 0 fully saturated rings. The molecule has 3 aromatic carbocycles. The van der Waals surface area contributed by atoms with Crippen molar-refractivity contribution < 1.29 is 9.59 Å². The van der Waals surface area contributed by atoms with Gasteiger partial charge in [-0.1, -0.05) is 53.5 Å². The van der Waals surface area contributed by atoms with Gasteiger partial charge < -0.3 is 0 Å². The number of benzene rings is 3. The second kappa shape index (κ2) is 9.77. The Morgan fingerprint density at radius 1 is 0.630 bits per heavy atom. The van der Waals surface area contributed by atoms with Gasteiger partial charge in [-0.2, -0.15) is 0 Å². The Labute approximate surface area is 176 Å². The summed E-state index contributed by atoms with van der Waals surface area (Å²) in [6.45, 7) is 0. The van der Waals surface area contributed by atoms with Crippen LogP contribution in [0.5, 0.6) is 0 Å². The molecule has 3 rings (SSSR count). The molecule has 0 heterocycles. The van der Waals surface area contributed by atoms with Crippen LogP contribution in [-0.2, 0) is 0 Å². The van der Waals surface area contributed by atoms with E-state index >= 15 is 0 Å². The lowest BCUT2D eigenvalue weighted by molar-refractivity contribution is 0.108. The van der Waals surface area contributed by atoms with Gasteiger partial charge in [0.1, 0.15) is 0 Å². The lowest BCUT2D eigenvalue weighted by Gasteiger charge is -2.15. The van der Waals surface area contributed by atoms with Gasteiger partial charge >= 0.3 is 0 Å². The molecule has 0 N–H and O–H groups in total. The summed E-state index contributed by atoms with van der Waals surface area (Å²) in [5.74, 6) is 0. The van der Waals surface area contributed by atoms with E-state index < -0.39 is 6.33 Å². The second-order valence-corrected chi connectivity index (χ2v) is 12.4. The van der Waals surface area contributed by atoms with Crippen LogP contribution in [0.25, 0.3) is 0 Å². The standard InChI is InChI=1S/C20H13Cl2O2PS2/c21-16-10-6-14(7-11-16)19(23)26-25(18-4-2-1-3-5-18)27-20(24)15-8-12-17(22)13-9-15/h1-13H. The van der Waals surface area contributed by atoms with Crippen LogP contribution in [0.1, 0.15) is 20.7 Å². The molecule has 2 nitrogen and oxygen atoms in total. The molecule has 0 aliphatic carbocycles. The minimum Gasteiger partial charge on any atom is -0.281 e. The lowest BCUT2D eigenvalue weighted by Crippen LogP contribution is -2.01. The normalized spacial score (nSPS) is 10.8. The number of hydrogen-bond acceptors (Lipinski definition) is 4. The van der Waals surface area contributed by atoms with Gasteiger partial charge in [0.2, 0.25) is 10.2 Å². The van der Waals surface area contributed by atoms with Gasteiger partial charge in [0, 0.05) is 21.2 Å². The van der Waals surface area contributed by atoms with E-state index in [1.807, 2.05) is 30.3 Å². The molecular formula is C20H13Cl2O2PS2. The van der Waals surface area contributed by atoms with Crippen LogP contribution >= 0.6 is 52.3 Å². The molecule has 0 saturated heterocycles. The number of carbonyl (C=O) groups excluding carboxylic acids is 2. The Kier molecular flexibility index (Phi) is 7.40. The molecule has 27 heavy (non-hydrogen) atoms. The zero-order valence-corrected chi connectivity index (χ0v) is 17.9. The van der Waals surface area contributed by atoms with Gasteiger partial charge in [0.15, 0.2) is 0 Å². The predicted octanol–water partition coefficient (Wildman–Crippen LogP) is 7.08. The summed E-state index contributed by atoms with van der Waals surface area (Å²) in [5.41, 5.74) is 1.12. The number of rotatable bonds is 5. The molecule has 0 radical (unpaired) electrons. The molecule has 0 amide bonds. The minimum atomic E-state index is -1.13. The molecule has 0 saturated carbocycles. The van der Waals surface area contributed by atoms with Crippen LogP contribution in [-0.4, -0.2) is 10.2 Å². The van der Waals surface area contributed by atoms with E-state index in [2.05, 4.69) is 0 Å². The van der Waals surface area contributed by atoms with Gasteiger partial charge in [0.05, 0.1) is 6.33 Å². The van der Waals surface area contributed by atoms with Crippen LogP contribution in [0.3, 0.4) is 0 Å². The Bertz CT molecular complexity index is 873. The molecule has 0 aliphatic rings. The monoisotopic (exact) mass is 450 g/mol. The van der Waals surface area contributed by atoms with E-state index in [9.17, 15) is 9.59 Å². The largest absolute Gasteiger partial charge is 0.281 e. The first-order valence-electron chi connectivity index (χ1n) is 7.84. The van der Waals surface area contributed by atoms with Crippen molar-refractivity contribution in [2.45, 2.75) is 0 Å². The summed E-state index contributed by atoms with van der Waals surface area (Å²) in [7, 11) is 0. The number of hydrogen-bond donors (Lipinski definition) is 0. The summed E-state index contributed by atoms with van der Waals surface area (Å²) in [4.78, 5) is 25.4. The fourth-order valence-corrected chi connectivity index (χ4v) is 8.37. The van der Waals surface area contributed by atoms with Crippen molar-refractivity contribution in [2.24, 2.45) is 0 Å². The highest BCUT2D eigenvalue weighted by molar-refractivity contribution is 8.96. The van der Waals surface area contributed by atoms with Crippen molar-refractivity contribution in [3.63, 3.8) is 0 Å². The van der Waals surface area contributed by atoms with Crippen molar-refractivity contribution in [3.8, 4) is 0 Å². The molecule has 0 bridgehead atoms. The first-order valence-corrected chi connectivity index (χ1v) is 12.8. The zero-order valence-electron chi connectivity index (χ0n) is 13.8. The fourth-order valence-electron chi connectivity index (χ4n) is 2.10. The maximum Gasteiger partial charge on any atom is 0.224 e. The van der Waals surface area contributed by atoms with Crippen molar-refractivity contribution in [1.82, 2.24) is 0 Å². The Morgan fingerprint density at radius 2 is 1.04 bits per heavy atom. The van der Waals surface area contributed by atoms with E-state index in [4.69, 9.17) is 23.2 Å². The van der Waals surface area contributed by atoms with Crippen molar-refractivity contribution in [2.75, 3.05) is 0 Å². The van der Waals surface area contributed by atoms with Crippen molar-refractivity contribution >= 4 is 67.8 Å². The highest BCUT2D eigenvalue weighted by Crippen LogP contribution is 2.61.